The number of esters is 1. The zero-order chi connectivity index (χ0) is 10.1. The topological polar surface area (TPSA) is 29.5 Å². The molecule has 1 aliphatic rings. The second-order valence-electron chi connectivity index (χ2n) is 3.51. The molecule has 0 radical (unpaired) electrons. The highest BCUT2D eigenvalue weighted by Crippen LogP contribution is 2.30. The Morgan fingerprint density at radius 2 is 2.21 bits per heavy atom. The van der Waals surface area contributed by atoms with Gasteiger partial charge in [0.1, 0.15) is 0 Å². The summed E-state index contributed by atoms with van der Waals surface area (Å²) in [6, 6.07) is 8.10. The minimum atomic E-state index is -0.227. The van der Waals surface area contributed by atoms with Crippen LogP contribution in [0.1, 0.15) is 12.5 Å². The SMILES string of the molecule is CC(=O)OC1Cc2ccccc2N1C. The lowest BCUT2D eigenvalue weighted by Gasteiger charge is -2.21. The number of ether oxygens (including phenoxy) is 1. The Labute approximate surface area is 83.3 Å². The van der Waals surface area contributed by atoms with Gasteiger partial charge in [-0.2, -0.15) is 0 Å². The first-order chi connectivity index (χ1) is 6.68. The van der Waals surface area contributed by atoms with E-state index in [0.29, 0.717) is 0 Å². The van der Waals surface area contributed by atoms with E-state index in [-0.39, 0.29) is 12.2 Å². The minimum absolute atomic E-state index is 0.134. The van der Waals surface area contributed by atoms with Crippen LogP contribution in [0.5, 0.6) is 0 Å². The van der Waals surface area contributed by atoms with E-state index in [4.69, 9.17) is 4.74 Å². The lowest BCUT2D eigenvalue weighted by molar-refractivity contribution is -0.145. The summed E-state index contributed by atoms with van der Waals surface area (Å²) in [4.78, 5) is 12.8. The van der Waals surface area contributed by atoms with E-state index in [9.17, 15) is 4.79 Å². The Bertz CT molecular complexity index is 362. The molecular formula is C11H13NO2. The molecule has 74 valence electrons. The van der Waals surface area contributed by atoms with Gasteiger partial charge >= 0.3 is 5.97 Å². The van der Waals surface area contributed by atoms with E-state index >= 15 is 0 Å². The molecule has 0 saturated heterocycles. The third-order valence-corrected chi connectivity index (χ3v) is 2.50. The van der Waals surface area contributed by atoms with Crippen LogP contribution in [0.3, 0.4) is 0 Å². The van der Waals surface area contributed by atoms with Crippen molar-refractivity contribution in [2.45, 2.75) is 19.6 Å². The zero-order valence-electron chi connectivity index (χ0n) is 8.36. The van der Waals surface area contributed by atoms with E-state index in [2.05, 4.69) is 6.07 Å². The van der Waals surface area contributed by atoms with Gasteiger partial charge in [-0.3, -0.25) is 4.79 Å². The number of hydrogen-bond donors (Lipinski definition) is 0. The zero-order valence-corrected chi connectivity index (χ0v) is 8.36. The van der Waals surface area contributed by atoms with Crippen LogP contribution in [-0.2, 0) is 16.0 Å². The van der Waals surface area contributed by atoms with Crippen molar-refractivity contribution in [3.8, 4) is 0 Å². The predicted octanol–water partition coefficient (Wildman–Crippen LogP) is 1.57. The Kier molecular flexibility index (Phi) is 2.15. The number of hydrogen-bond acceptors (Lipinski definition) is 3. The molecule has 0 N–H and O–H groups in total. The molecular weight excluding hydrogens is 178 g/mol. The van der Waals surface area contributed by atoms with Crippen LogP contribution in [-0.4, -0.2) is 19.2 Å². The summed E-state index contributed by atoms with van der Waals surface area (Å²) in [6.07, 6.45) is 0.650. The molecule has 3 nitrogen and oxygen atoms in total. The van der Waals surface area contributed by atoms with Gasteiger partial charge in [0.2, 0.25) is 0 Å². The van der Waals surface area contributed by atoms with Gasteiger partial charge in [0.05, 0.1) is 0 Å². The van der Waals surface area contributed by atoms with Crippen molar-refractivity contribution in [1.82, 2.24) is 0 Å². The highest BCUT2D eigenvalue weighted by molar-refractivity contribution is 5.67. The fourth-order valence-corrected chi connectivity index (χ4v) is 1.82. The number of fused-ring (bicyclic) bond motifs is 1. The quantitative estimate of drug-likeness (QED) is 0.631. The number of benzene rings is 1. The second kappa shape index (κ2) is 3.33. The van der Waals surface area contributed by atoms with Gasteiger partial charge in [0.25, 0.3) is 0 Å². The van der Waals surface area contributed by atoms with Crippen LogP contribution in [0, 0.1) is 0 Å². The standard InChI is InChI=1S/C11H13NO2/c1-8(13)14-11-7-9-5-3-4-6-10(9)12(11)2/h3-6,11H,7H2,1-2H3. The highest BCUT2D eigenvalue weighted by Gasteiger charge is 2.27. The normalized spacial score (nSPS) is 19.3. The lowest BCUT2D eigenvalue weighted by Crippen LogP contribution is -2.31. The van der Waals surface area contributed by atoms with E-state index < -0.39 is 0 Å². The highest BCUT2D eigenvalue weighted by atomic mass is 16.6. The van der Waals surface area contributed by atoms with Crippen molar-refractivity contribution in [3.63, 3.8) is 0 Å². The van der Waals surface area contributed by atoms with E-state index in [1.54, 1.807) is 0 Å². The second-order valence-corrected chi connectivity index (χ2v) is 3.51. The van der Waals surface area contributed by atoms with Crippen LogP contribution < -0.4 is 4.90 Å². The van der Waals surface area contributed by atoms with Crippen molar-refractivity contribution in [2.24, 2.45) is 0 Å². The fourth-order valence-electron chi connectivity index (χ4n) is 1.82. The molecule has 1 unspecified atom stereocenters. The Balaban J connectivity index is 2.21. The summed E-state index contributed by atoms with van der Waals surface area (Å²) in [6.45, 7) is 1.44. The lowest BCUT2D eigenvalue weighted by atomic mass is 10.2. The van der Waals surface area contributed by atoms with Crippen LogP contribution in [0.25, 0.3) is 0 Å². The maximum atomic E-state index is 10.8. The molecule has 1 atom stereocenters. The molecule has 1 heterocycles. The van der Waals surface area contributed by atoms with Crippen molar-refractivity contribution < 1.29 is 9.53 Å². The molecule has 0 aliphatic carbocycles. The van der Waals surface area contributed by atoms with E-state index in [1.165, 1.54) is 12.5 Å². The molecule has 14 heavy (non-hydrogen) atoms. The van der Waals surface area contributed by atoms with Gasteiger partial charge in [-0.1, -0.05) is 18.2 Å². The number of rotatable bonds is 1. The summed E-state index contributed by atoms with van der Waals surface area (Å²) in [7, 11) is 1.94. The minimum Gasteiger partial charge on any atom is -0.441 e. The average molecular weight is 191 g/mol. The van der Waals surface area contributed by atoms with E-state index in [1.807, 2.05) is 30.1 Å². The van der Waals surface area contributed by atoms with Crippen molar-refractivity contribution >= 4 is 11.7 Å². The smallest absolute Gasteiger partial charge is 0.304 e. The van der Waals surface area contributed by atoms with Gasteiger partial charge in [0.15, 0.2) is 6.23 Å². The Morgan fingerprint density at radius 1 is 1.50 bits per heavy atom. The summed E-state index contributed by atoms with van der Waals surface area (Å²) < 4.78 is 5.19. The van der Waals surface area contributed by atoms with E-state index in [0.717, 1.165) is 12.1 Å². The first kappa shape index (κ1) is 9.06. The van der Waals surface area contributed by atoms with Crippen LogP contribution in [0.4, 0.5) is 5.69 Å². The van der Waals surface area contributed by atoms with Gasteiger partial charge in [-0.15, -0.1) is 0 Å². The van der Waals surface area contributed by atoms with Gasteiger partial charge < -0.3 is 9.64 Å². The summed E-state index contributed by atoms with van der Waals surface area (Å²) in [5.74, 6) is -0.227. The number of carbonyl (C=O) groups is 1. The number of nitrogens with zero attached hydrogens (tertiary/aromatic N) is 1. The third kappa shape index (κ3) is 1.45. The molecule has 0 saturated carbocycles. The summed E-state index contributed by atoms with van der Waals surface area (Å²) in [5.41, 5.74) is 2.39. The van der Waals surface area contributed by atoms with Crippen LogP contribution >= 0.6 is 0 Å². The van der Waals surface area contributed by atoms with Crippen LogP contribution in [0.2, 0.25) is 0 Å². The first-order valence-corrected chi connectivity index (χ1v) is 4.66. The van der Waals surface area contributed by atoms with Gasteiger partial charge in [-0.05, 0) is 11.6 Å². The molecule has 1 aliphatic heterocycles. The average Bonchev–Trinajstić information content (AvgIpc) is 2.44. The third-order valence-electron chi connectivity index (χ3n) is 2.50. The number of carbonyl (C=O) groups excluding carboxylic acids is 1. The maximum Gasteiger partial charge on any atom is 0.304 e. The summed E-state index contributed by atoms with van der Waals surface area (Å²) in [5, 5.41) is 0. The van der Waals surface area contributed by atoms with Crippen LogP contribution in [0.15, 0.2) is 24.3 Å². The molecule has 0 aromatic heterocycles. The maximum absolute atomic E-state index is 10.8. The number of anilines is 1. The van der Waals surface area contributed by atoms with Crippen molar-refractivity contribution in [1.29, 1.82) is 0 Å². The fraction of sp³-hybridized carbons (Fsp3) is 0.364. The predicted molar refractivity (Wildman–Crippen MR) is 54.1 cm³/mol. The monoisotopic (exact) mass is 191 g/mol. The molecule has 0 amide bonds. The number of likely N-dealkylation sites (N-methyl/N-ethyl adjacent to an activating group) is 1. The Hall–Kier alpha value is -1.51. The molecule has 0 spiro atoms. The molecule has 1 aromatic rings. The molecule has 2 rings (SSSR count). The van der Waals surface area contributed by atoms with Gasteiger partial charge in [-0.25, -0.2) is 0 Å². The largest absolute Gasteiger partial charge is 0.441 e. The molecule has 0 fully saturated rings. The molecule has 1 aromatic carbocycles. The summed E-state index contributed by atoms with van der Waals surface area (Å²) >= 11 is 0. The molecule has 3 heteroatoms. The van der Waals surface area contributed by atoms with Crippen molar-refractivity contribution in [3.05, 3.63) is 29.8 Å². The Morgan fingerprint density at radius 3 is 2.86 bits per heavy atom. The number of para-hydroxylation sites is 1. The van der Waals surface area contributed by atoms with Gasteiger partial charge in [0, 0.05) is 26.1 Å². The molecule has 0 bridgehead atoms. The first-order valence-electron chi connectivity index (χ1n) is 4.66. The van der Waals surface area contributed by atoms with Crippen molar-refractivity contribution in [2.75, 3.05) is 11.9 Å².